The van der Waals surface area contributed by atoms with Gasteiger partial charge in [-0.3, -0.25) is 0 Å². The fourth-order valence-corrected chi connectivity index (χ4v) is 1.19. The van der Waals surface area contributed by atoms with E-state index in [1.807, 2.05) is 6.92 Å². The summed E-state index contributed by atoms with van der Waals surface area (Å²) in [7, 11) is 0. The van der Waals surface area contributed by atoms with Crippen LogP contribution in [0.3, 0.4) is 0 Å². The van der Waals surface area contributed by atoms with E-state index in [0.29, 0.717) is 6.42 Å². The lowest BCUT2D eigenvalue weighted by Crippen LogP contribution is -2.28. The summed E-state index contributed by atoms with van der Waals surface area (Å²) in [6.07, 6.45) is 9.32. The first kappa shape index (κ1) is 12.7. The van der Waals surface area contributed by atoms with Gasteiger partial charge in [0.25, 0.3) is 0 Å². The zero-order chi connectivity index (χ0) is 10.2. The first-order valence-electron chi connectivity index (χ1n) is 5.07. The molecular formula is C11H22O2. The Morgan fingerprint density at radius 3 is 2.46 bits per heavy atom. The lowest BCUT2D eigenvalue weighted by molar-refractivity contribution is -0.00691. The van der Waals surface area contributed by atoms with Gasteiger partial charge in [-0.2, -0.15) is 0 Å². The van der Waals surface area contributed by atoms with E-state index in [4.69, 9.17) is 5.11 Å². The summed E-state index contributed by atoms with van der Waals surface area (Å²) in [5.74, 6) is 0. The third-order valence-corrected chi connectivity index (χ3v) is 2.16. The third-order valence-electron chi connectivity index (χ3n) is 2.16. The second kappa shape index (κ2) is 7.10. The Morgan fingerprint density at radius 2 is 1.92 bits per heavy atom. The summed E-state index contributed by atoms with van der Waals surface area (Å²) in [5, 5.41) is 18.2. The SMILES string of the molecule is C/C=C\CCCCCC(C)(O)CO. The molecule has 0 aromatic carbocycles. The molecule has 78 valence electrons. The van der Waals surface area contributed by atoms with Gasteiger partial charge < -0.3 is 10.2 Å². The molecule has 0 amide bonds. The molecule has 0 aliphatic carbocycles. The van der Waals surface area contributed by atoms with Gasteiger partial charge in [-0.05, 0) is 33.1 Å². The average Bonchev–Trinajstić information content (AvgIpc) is 2.11. The minimum Gasteiger partial charge on any atom is -0.393 e. The lowest BCUT2D eigenvalue weighted by Gasteiger charge is -2.19. The van der Waals surface area contributed by atoms with E-state index in [9.17, 15) is 5.11 Å². The quantitative estimate of drug-likeness (QED) is 0.473. The van der Waals surface area contributed by atoms with Gasteiger partial charge in [-0.1, -0.05) is 25.0 Å². The number of hydrogen-bond acceptors (Lipinski definition) is 2. The first-order chi connectivity index (χ1) is 6.12. The Labute approximate surface area is 81.3 Å². The average molecular weight is 186 g/mol. The maximum atomic E-state index is 9.46. The van der Waals surface area contributed by atoms with Crippen LogP contribution in [0.25, 0.3) is 0 Å². The van der Waals surface area contributed by atoms with Crippen LogP contribution >= 0.6 is 0 Å². The number of aliphatic hydroxyl groups excluding tert-OH is 1. The van der Waals surface area contributed by atoms with Crippen LogP contribution in [-0.4, -0.2) is 22.4 Å². The molecular weight excluding hydrogens is 164 g/mol. The second-order valence-electron chi connectivity index (χ2n) is 3.82. The van der Waals surface area contributed by atoms with Crippen LogP contribution in [0.5, 0.6) is 0 Å². The van der Waals surface area contributed by atoms with E-state index in [1.54, 1.807) is 6.92 Å². The molecule has 0 saturated heterocycles. The molecule has 13 heavy (non-hydrogen) atoms. The molecule has 0 fully saturated rings. The Balaban J connectivity index is 3.25. The van der Waals surface area contributed by atoms with Crippen molar-refractivity contribution >= 4 is 0 Å². The van der Waals surface area contributed by atoms with Crippen molar-refractivity contribution in [3.8, 4) is 0 Å². The smallest absolute Gasteiger partial charge is 0.0849 e. The molecule has 0 radical (unpaired) electrons. The number of unbranched alkanes of at least 4 members (excludes halogenated alkanes) is 3. The van der Waals surface area contributed by atoms with E-state index >= 15 is 0 Å². The van der Waals surface area contributed by atoms with Crippen molar-refractivity contribution in [3.05, 3.63) is 12.2 Å². The molecule has 0 aromatic rings. The van der Waals surface area contributed by atoms with Gasteiger partial charge in [-0.15, -0.1) is 0 Å². The van der Waals surface area contributed by atoms with Crippen LogP contribution in [0.1, 0.15) is 46.0 Å². The van der Waals surface area contributed by atoms with Gasteiger partial charge in [0.2, 0.25) is 0 Å². The van der Waals surface area contributed by atoms with Crippen molar-refractivity contribution in [2.45, 2.75) is 51.6 Å². The molecule has 2 nitrogen and oxygen atoms in total. The number of hydrogen-bond donors (Lipinski definition) is 2. The zero-order valence-corrected chi connectivity index (χ0v) is 8.79. The van der Waals surface area contributed by atoms with Crippen LogP contribution in [-0.2, 0) is 0 Å². The fourth-order valence-electron chi connectivity index (χ4n) is 1.19. The maximum absolute atomic E-state index is 9.46. The van der Waals surface area contributed by atoms with Gasteiger partial charge in [-0.25, -0.2) is 0 Å². The molecule has 0 rings (SSSR count). The van der Waals surface area contributed by atoms with E-state index in [-0.39, 0.29) is 6.61 Å². The predicted molar refractivity (Wildman–Crippen MR) is 55.6 cm³/mol. The maximum Gasteiger partial charge on any atom is 0.0849 e. The largest absolute Gasteiger partial charge is 0.393 e. The van der Waals surface area contributed by atoms with Crippen molar-refractivity contribution < 1.29 is 10.2 Å². The van der Waals surface area contributed by atoms with E-state index < -0.39 is 5.60 Å². The number of allylic oxidation sites excluding steroid dienone is 2. The van der Waals surface area contributed by atoms with Gasteiger partial charge in [0.15, 0.2) is 0 Å². The van der Waals surface area contributed by atoms with E-state index in [1.165, 1.54) is 6.42 Å². The standard InChI is InChI=1S/C11H22O2/c1-3-4-5-6-7-8-9-11(2,13)10-12/h3-4,12-13H,5-10H2,1-2H3/b4-3-. The Hall–Kier alpha value is -0.340. The van der Waals surface area contributed by atoms with Crippen molar-refractivity contribution in [2.75, 3.05) is 6.61 Å². The van der Waals surface area contributed by atoms with Crippen molar-refractivity contribution in [3.63, 3.8) is 0 Å². The summed E-state index contributed by atoms with van der Waals surface area (Å²) in [6, 6.07) is 0. The molecule has 0 spiro atoms. The molecule has 2 heteroatoms. The molecule has 0 saturated carbocycles. The number of rotatable bonds is 7. The number of aliphatic hydroxyl groups is 2. The van der Waals surface area contributed by atoms with Crippen LogP contribution in [0.15, 0.2) is 12.2 Å². The van der Waals surface area contributed by atoms with Gasteiger partial charge in [0.1, 0.15) is 0 Å². The van der Waals surface area contributed by atoms with Gasteiger partial charge in [0.05, 0.1) is 12.2 Å². The minimum absolute atomic E-state index is 0.137. The summed E-state index contributed by atoms with van der Waals surface area (Å²) in [4.78, 5) is 0. The molecule has 0 heterocycles. The fraction of sp³-hybridized carbons (Fsp3) is 0.818. The van der Waals surface area contributed by atoms with Crippen molar-refractivity contribution in [1.29, 1.82) is 0 Å². The van der Waals surface area contributed by atoms with Crippen LogP contribution in [0.2, 0.25) is 0 Å². The van der Waals surface area contributed by atoms with Gasteiger partial charge >= 0.3 is 0 Å². The molecule has 2 N–H and O–H groups in total. The van der Waals surface area contributed by atoms with E-state index in [0.717, 1.165) is 19.3 Å². The predicted octanol–water partition coefficient (Wildman–Crippen LogP) is 2.26. The van der Waals surface area contributed by atoms with E-state index in [2.05, 4.69) is 12.2 Å². The molecule has 1 atom stereocenters. The molecule has 0 aliphatic rings. The topological polar surface area (TPSA) is 40.5 Å². The Kier molecular flexibility index (Phi) is 6.92. The third kappa shape index (κ3) is 8.00. The normalized spacial score (nSPS) is 16.3. The van der Waals surface area contributed by atoms with Crippen molar-refractivity contribution in [2.24, 2.45) is 0 Å². The van der Waals surface area contributed by atoms with Crippen LogP contribution < -0.4 is 0 Å². The van der Waals surface area contributed by atoms with Crippen molar-refractivity contribution in [1.82, 2.24) is 0 Å². The summed E-state index contributed by atoms with van der Waals surface area (Å²) < 4.78 is 0. The highest BCUT2D eigenvalue weighted by atomic mass is 16.3. The molecule has 0 aromatic heterocycles. The highest BCUT2D eigenvalue weighted by Crippen LogP contribution is 2.14. The molecule has 0 aliphatic heterocycles. The molecule has 1 unspecified atom stereocenters. The molecule has 0 bridgehead atoms. The summed E-state index contributed by atoms with van der Waals surface area (Å²) in [5.41, 5.74) is -0.874. The summed E-state index contributed by atoms with van der Waals surface area (Å²) >= 11 is 0. The Morgan fingerprint density at radius 1 is 1.23 bits per heavy atom. The highest BCUT2D eigenvalue weighted by Gasteiger charge is 2.17. The zero-order valence-electron chi connectivity index (χ0n) is 8.79. The van der Waals surface area contributed by atoms with Gasteiger partial charge in [0, 0.05) is 0 Å². The second-order valence-corrected chi connectivity index (χ2v) is 3.82. The highest BCUT2D eigenvalue weighted by molar-refractivity contribution is 4.76. The first-order valence-corrected chi connectivity index (χ1v) is 5.07. The van der Waals surface area contributed by atoms with Crippen LogP contribution in [0, 0.1) is 0 Å². The minimum atomic E-state index is -0.874. The summed E-state index contributed by atoms with van der Waals surface area (Å²) in [6.45, 7) is 3.57. The monoisotopic (exact) mass is 186 g/mol. The van der Waals surface area contributed by atoms with Crippen LogP contribution in [0.4, 0.5) is 0 Å². The lowest BCUT2D eigenvalue weighted by atomic mass is 9.99. The Bertz CT molecular complexity index is 139.